The molecule has 0 atom stereocenters. The molecule has 0 radical (unpaired) electrons. The molecule has 28 heavy (non-hydrogen) atoms. The summed E-state index contributed by atoms with van der Waals surface area (Å²) in [6.45, 7) is 1.93. The molecule has 3 rings (SSSR count). The minimum atomic E-state index is -0.396. The van der Waals surface area contributed by atoms with Gasteiger partial charge in [-0.05, 0) is 55.0 Å². The largest absolute Gasteiger partial charge is 0.495 e. The molecule has 2 N–H and O–H groups in total. The van der Waals surface area contributed by atoms with Gasteiger partial charge in [-0.1, -0.05) is 23.7 Å². The summed E-state index contributed by atoms with van der Waals surface area (Å²) >= 11 is 6.07. The number of hydrogen-bond acceptors (Lipinski definition) is 4. The number of halogens is 1. The number of aryl methyl sites for hydroxylation is 1. The standard InChI is InChI=1S/C21H18ClN3O3/c1-13-4-3-5-15(10-13)25-21(27)18-11-14(8-9-23-18)20(26)24-16-6-7-19(28-2)17(22)12-16/h3-12H,1-2H3,(H,24,26)(H,25,27). The molecule has 2 amide bonds. The first kappa shape index (κ1) is 19.4. The van der Waals surface area contributed by atoms with Crippen molar-refractivity contribution in [2.45, 2.75) is 6.92 Å². The Morgan fingerprint density at radius 2 is 1.71 bits per heavy atom. The Balaban J connectivity index is 1.74. The Morgan fingerprint density at radius 1 is 0.964 bits per heavy atom. The molecule has 0 aliphatic carbocycles. The molecule has 6 nitrogen and oxygen atoms in total. The van der Waals surface area contributed by atoms with E-state index < -0.39 is 5.91 Å². The van der Waals surface area contributed by atoms with Gasteiger partial charge in [0.1, 0.15) is 11.4 Å². The van der Waals surface area contributed by atoms with E-state index in [9.17, 15) is 9.59 Å². The van der Waals surface area contributed by atoms with Crippen LogP contribution in [0.2, 0.25) is 5.02 Å². The number of aromatic nitrogens is 1. The summed E-state index contributed by atoms with van der Waals surface area (Å²) in [4.78, 5) is 29.0. The van der Waals surface area contributed by atoms with Crippen LogP contribution in [0.4, 0.5) is 11.4 Å². The van der Waals surface area contributed by atoms with Crippen molar-refractivity contribution in [2.24, 2.45) is 0 Å². The van der Waals surface area contributed by atoms with Gasteiger partial charge in [0.15, 0.2) is 0 Å². The lowest BCUT2D eigenvalue weighted by atomic mass is 10.2. The normalized spacial score (nSPS) is 10.2. The van der Waals surface area contributed by atoms with Crippen molar-refractivity contribution in [1.82, 2.24) is 4.98 Å². The summed E-state index contributed by atoms with van der Waals surface area (Å²) in [5, 5.41) is 5.89. The van der Waals surface area contributed by atoms with Crippen LogP contribution in [0, 0.1) is 6.92 Å². The number of ether oxygens (including phenoxy) is 1. The number of methoxy groups -OCH3 is 1. The first-order valence-electron chi connectivity index (χ1n) is 8.45. The third-order valence-electron chi connectivity index (χ3n) is 3.94. The number of nitrogens with one attached hydrogen (secondary N) is 2. The molecule has 0 spiro atoms. The topological polar surface area (TPSA) is 80.3 Å². The van der Waals surface area contributed by atoms with Gasteiger partial charge in [-0.2, -0.15) is 0 Å². The molecule has 0 aliphatic rings. The second-order valence-electron chi connectivity index (χ2n) is 6.06. The quantitative estimate of drug-likeness (QED) is 0.663. The maximum Gasteiger partial charge on any atom is 0.274 e. The van der Waals surface area contributed by atoms with E-state index in [1.165, 1.54) is 25.4 Å². The molecular formula is C21H18ClN3O3. The number of benzene rings is 2. The summed E-state index contributed by atoms with van der Waals surface area (Å²) in [6, 6.07) is 15.3. The van der Waals surface area contributed by atoms with Gasteiger partial charge in [-0.15, -0.1) is 0 Å². The van der Waals surface area contributed by atoms with Gasteiger partial charge in [0, 0.05) is 23.1 Å². The molecule has 2 aromatic carbocycles. The average Bonchev–Trinajstić information content (AvgIpc) is 2.68. The first-order chi connectivity index (χ1) is 13.5. The van der Waals surface area contributed by atoms with Crippen molar-refractivity contribution >= 4 is 34.8 Å². The fourth-order valence-electron chi connectivity index (χ4n) is 2.56. The molecule has 1 aromatic heterocycles. The van der Waals surface area contributed by atoms with E-state index in [-0.39, 0.29) is 11.6 Å². The molecule has 0 fully saturated rings. The predicted molar refractivity (Wildman–Crippen MR) is 109 cm³/mol. The van der Waals surface area contributed by atoms with E-state index >= 15 is 0 Å². The monoisotopic (exact) mass is 395 g/mol. The van der Waals surface area contributed by atoms with Crippen LogP contribution in [0.25, 0.3) is 0 Å². The highest BCUT2D eigenvalue weighted by Crippen LogP contribution is 2.27. The number of anilines is 2. The molecular weight excluding hydrogens is 378 g/mol. The summed E-state index contributed by atoms with van der Waals surface area (Å²) < 4.78 is 5.09. The van der Waals surface area contributed by atoms with Crippen molar-refractivity contribution in [3.63, 3.8) is 0 Å². The number of amides is 2. The summed E-state index contributed by atoms with van der Waals surface area (Å²) in [5.74, 6) is -0.264. The summed E-state index contributed by atoms with van der Waals surface area (Å²) in [5.41, 5.74) is 2.64. The zero-order chi connectivity index (χ0) is 20.1. The Hall–Kier alpha value is -3.38. The van der Waals surface area contributed by atoms with Crippen LogP contribution >= 0.6 is 11.6 Å². The van der Waals surface area contributed by atoms with E-state index in [0.29, 0.717) is 27.7 Å². The Labute approximate surface area is 167 Å². The lowest BCUT2D eigenvalue weighted by Crippen LogP contribution is -2.17. The molecule has 0 unspecified atom stereocenters. The van der Waals surface area contributed by atoms with Crippen LogP contribution in [0.5, 0.6) is 5.75 Å². The van der Waals surface area contributed by atoms with E-state index in [2.05, 4.69) is 15.6 Å². The number of pyridine rings is 1. The summed E-state index contributed by atoms with van der Waals surface area (Å²) in [6.07, 6.45) is 1.42. The molecule has 7 heteroatoms. The Kier molecular flexibility index (Phi) is 5.91. The second-order valence-corrected chi connectivity index (χ2v) is 6.46. The zero-order valence-corrected chi connectivity index (χ0v) is 16.1. The molecule has 142 valence electrons. The minimum absolute atomic E-state index is 0.141. The van der Waals surface area contributed by atoms with Crippen molar-refractivity contribution in [1.29, 1.82) is 0 Å². The third-order valence-corrected chi connectivity index (χ3v) is 4.24. The fourth-order valence-corrected chi connectivity index (χ4v) is 2.82. The van der Waals surface area contributed by atoms with Crippen LogP contribution in [0.1, 0.15) is 26.4 Å². The molecule has 0 saturated carbocycles. The van der Waals surface area contributed by atoms with Crippen LogP contribution in [0.3, 0.4) is 0 Å². The lowest BCUT2D eigenvalue weighted by molar-refractivity contribution is 0.102. The van der Waals surface area contributed by atoms with Gasteiger partial charge < -0.3 is 15.4 Å². The number of hydrogen-bond donors (Lipinski definition) is 2. The van der Waals surface area contributed by atoms with E-state index in [4.69, 9.17) is 16.3 Å². The smallest absolute Gasteiger partial charge is 0.274 e. The number of carbonyl (C=O) groups excluding carboxylic acids is 2. The van der Waals surface area contributed by atoms with Gasteiger partial charge in [0.2, 0.25) is 0 Å². The highest BCUT2D eigenvalue weighted by Gasteiger charge is 2.13. The zero-order valence-electron chi connectivity index (χ0n) is 15.3. The molecule has 0 saturated heterocycles. The highest BCUT2D eigenvalue weighted by molar-refractivity contribution is 6.32. The van der Waals surface area contributed by atoms with E-state index in [0.717, 1.165) is 5.56 Å². The van der Waals surface area contributed by atoms with Gasteiger partial charge >= 0.3 is 0 Å². The van der Waals surface area contributed by atoms with Crippen LogP contribution in [0.15, 0.2) is 60.8 Å². The molecule has 3 aromatic rings. The fraction of sp³-hybridized carbons (Fsp3) is 0.0952. The second kappa shape index (κ2) is 8.54. The molecule has 0 aliphatic heterocycles. The molecule has 0 bridgehead atoms. The van der Waals surface area contributed by atoms with E-state index in [1.54, 1.807) is 24.3 Å². The number of carbonyl (C=O) groups is 2. The van der Waals surface area contributed by atoms with Crippen molar-refractivity contribution in [2.75, 3.05) is 17.7 Å². The van der Waals surface area contributed by atoms with Crippen LogP contribution in [-0.2, 0) is 0 Å². The minimum Gasteiger partial charge on any atom is -0.495 e. The SMILES string of the molecule is COc1ccc(NC(=O)c2ccnc(C(=O)Nc3cccc(C)c3)c2)cc1Cl. The van der Waals surface area contributed by atoms with Crippen LogP contribution < -0.4 is 15.4 Å². The first-order valence-corrected chi connectivity index (χ1v) is 8.83. The average molecular weight is 396 g/mol. The van der Waals surface area contributed by atoms with Gasteiger partial charge in [0.05, 0.1) is 12.1 Å². The predicted octanol–water partition coefficient (Wildman–Crippen LogP) is 4.56. The Bertz CT molecular complexity index is 1040. The van der Waals surface area contributed by atoms with Gasteiger partial charge in [-0.25, -0.2) is 0 Å². The molecule has 1 heterocycles. The number of rotatable bonds is 5. The maximum absolute atomic E-state index is 12.5. The van der Waals surface area contributed by atoms with E-state index in [1.807, 2.05) is 25.1 Å². The van der Waals surface area contributed by atoms with Gasteiger partial charge in [0.25, 0.3) is 11.8 Å². The van der Waals surface area contributed by atoms with Crippen molar-refractivity contribution in [3.05, 3.63) is 82.6 Å². The third kappa shape index (κ3) is 4.66. The van der Waals surface area contributed by atoms with Crippen molar-refractivity contribution < 1.29 is 14.3 Å². The summed E-state index contributed by atoms with van der Waals surface area (Å²) in [7, 11) is 1.51. The lowest BCUT2D eigenvalue weighted by Gasteiger charge is -2.09. The van der Waals surface area contributed by atoms with Gasteiger partial charge in [-0.3, -0.25) is 14.6 Å². The van der Waals surface area contributed by atoms with Crippen LogP contribution in [-0.4, -0.2) is 23.9 Å². The Morgan fingerprint density at radius 3 is 2.43 bits per heavy atom. The maximum atomic E-state index is 12.5. The highest BCUT2D eigenvalue weighted by atomic mass is 35.5. The number of nitrogens with zero attached hydrogens (tertiary/aromatic N) is 1. The van der Waals surface area contributed by atoms with Crippen molar-refractivity contribution in [3.8, 4) is 5.75 Å².